The summed E-state index contributed by atoms with van der Waals surface area (Å²) in [4.78, 5) is 25.1. The van der Waals surface area contributed by atoms with E-state index in [1.807, 2.05) is 62.6 Å². The maximum Gasteiger partial charge on any atom is 0.251 e. The van der Waals surface area contributed by atoms with Crippen LogP contribution in [-0.4, -0.2) is 29.9 Å². The van der Waals surface area contributed by atoms with Gasteiger partial charge in [0.05, 0.1) is 0 Å². The lowest BCUT2D eigenvalue weighted by Crippen LogP contribution is -2.47. The average Bonchev–Trinajstić information content (AvgIpc) is 2.64. The first kappa shape index (κ1) is 20.0. The van der Waals surface area contributed by atoms with Gasteiger partial charge in [0.25, 0.3) is 5.91 Å². The van der Waals surface area contributed by atoms with Gasteiger partial charge in [-0.1, -0.05) is 42.0 Å². The van der Waals surface area contributed by atoms with Gasteiger partial charge in [-0.15, -0.1) is 0 Å². The lowest BCUT2D eigenvalue weighted by Gasteiger charge is -2.19. The van der Waals surface area contributed by atoms with Gasteiger partial charge in [0, 0.05) is 12.1 Å². The quantitative estimate of drug-likeness (QED) is 0.748. The van der Waals surface area contributed by atoms with Crippen molar-refractivity contribution in [2.45, 2.75) is 32.9 Å². The fourth-order valence-corrected chi connectivity index (χ4v) is 3.12. The zero-order chi connectivity index (χ0) is 18.9. The molecule has 5 heteroatoms. The molecule has 2 N–H and O–H groups in total. The minimum absolute atomic E-state index is 0.150. The Hall–Kier alpha value is -2.27. The highest BCUT2D eigenvalue weighted by molar-refractivity contribution is 7.98. The lowest BCUT2D eigenvalue weighted by molar-refractivity contribution is -0.123. The van der Waals surface area contributed by atoms with E-state index in [2.05, 4.69) is 10.6 Å². The van der Waals surface area contributed by atoms with Crippen molar-refractivity contribution in [2.24, 2.45) is 0 Å². The van der Waals surface area contributed by atoms with Crippen LogP contribution in [0.3, 0.4) is 0 Å². The van der Waals surface area contributed by atoms with Crippen LogP contribution in [0.5, 0.6) is 0 Å². The Morgan fingerprint density at radius 1 is 1.08 bits per heavy atom. The van der Waals surface area contributed by atoms with Crippen LogP contribution in [0, 0.1) is 13.8 Å². The van der Waals surface area contributed by atoms with Crippen molar-refractivity contribution in [2.75, 3.05) is 12.0 Å². The summed E-state index contributed by atoms with van der Waals surface area (Å²) in [5, 5.41) is 5.84. The number of rotatable bonds is 8. The molecular formula is C21H26N2O2S. The fourth-order valence-electron chi connectivity index (χ4n) is 2.65. The van der Waals surface area contributed by atoms with E-state index in [0.29, 0.717) is 18.5 Å². The molecule has 2 aromatic rings. The Morgan fingerprint density at radius 2 is 1.85 bits per heavy atom. The summed E-state index contributed by atoms with van der Waals surface area (Å²) in [6, 6.07) is 14.8. The summed E-state index contributed by atoms with van der Waals surface area (Å²) in [5.41, 5.74) is 3.81. The number of thioether (sulfide) groups is 1. The number of aryl methyl sites for hydroxylation is 2. The Morgan fingerprint density at radius 3 is 2.54 bits per heavy atom. The van der Waals surface area contributed by atoms with Crippen LogP contribution in [-0.2, 0) is 11.3 Å². The molecular weight excluding hydrogens is 344 g/mol. The second-order valence-corrected chi connectivity index (χ2v) is 7.31. The van der Waals surface area contributed by atoms with E-state index in [-0.39, 0.29) is 11.8 Å². The maximum atomic E-state index is 12.6. The molecule has 0 aromatic heterocycles. The third-order valence-electron chi connectivity index (χ3n) is 4.23. The average molecular weight is 371 g/mol. The van der Waals surface area contributed by atoms with E-state index >= 15 is 0 Å². The van der Waals surface area contributed by atoms with E-state index in [4.69, 9.17) is 0 Å². The van der Waals surface area contributed by atoms with Gasteiger partial charge < -0.3 is 10.6 Å². The lowest BCUT2D eigenvalue weighted by atomic mass is 10.1. The van der Waals surface area contributed by atoms with Crippen LogP contribution in [0.25, 0.3) is 0 Å². The molecule has 26 heavy (non-hydrogen) atoms. The van der Waals surface area contributed by atoms with Crippen molar-refractivity contribution < 1.29 is 9.59 Å². The number of carbonyl (C=O) groups is 2. The molecule has 0 bridgehead atoms. The fraction of sp³-hybridized carbons (Fsp3) is 0.333. The van der Waals surface area contributed by atoms with Crippen LogP contribution in [0.1, 0.15) is 33.5 Å². The van der Waals surface area contributed by atoms with Crippen molar-refractivity contribution >= 4 is 23.6 Å². The predicted molar refractivity (Wildman–Crippen MR) is 108 cm³/mol. The normalized spacial score (nSPS) is 11.7. The first-order valence-electron chi connectivity index (χ1n) is 8.70. The van der Waals surface area contributed by atoms with Gasteiger partial charge in [0.2, 0.25) is 5.91 Å². The maximum absolute atomic E-state index is 12.6. The van der Waals surface area contributed by atoms with E-state index in [9.17, 15) is 9.59 Å². The summed E-state index contributed by atoms with van der Waals surface area (Å²) in [5.74, 6) is 0.436. The SMILES string of the molecule is CSCCC(NC(=O)c1cccc(C)c1)C(=O)NCc1ccccc1C. The van der Waals surface area contributed by atoms with Gasteiger partial charge in [0.1, 0.15) is 6.04 Å². The highest BCUT2D eigenvalue weighted by Gasteiger charge is 2.21. The number of hydrogen-bond acceptors (Lipinski definition) is 3. The third-order valence-corrected chi connectivity index (χ3v) is 4.87. The molecule has 4 nitrogen and oxygen atoms in total. The minimum atomic E-state index is -0.542. The molecule has 138 valence electrons. The standard InChI is InChI=1S/C21H26N2O2S/c1-15-7-6-10-17(13-15)20(24)23-19(11-12-26-3)21(25)22-14-18-9-5-4-8-16(18)2/h4-10,13,19H,11-12,14H2,1-3H3,(H,22,25)(H,23,24). The molecule has 0 fully saturated rings. The summed E-state index contributed by atoms with van der Waals surface area (Å²) in [6.07, 6.45) is 2.59. The van der Waals surface area contributed by atoms with Crippen LogP contribution < -0.4 is 10.6 Å². The Kier molecular flexibility index (Phi) is 7.73. The summed E-state index contributed by atoms with van der Waals surface area (Å²) in [7, 11) is 0. The number of nitrogens with one attached hydrogen (secondary N) is 2. The number of carbonyl (C=O) groups excluding carboxylic acids is 2. The van der Waals surface area contributed by atoms with E-state index in [1.54, 1.807) is 17.8 Å². The molecule has 0 heterocycles. The van der Waals surface area contributed by atoms with Crippen LogP contribution in [0.2, 0.25) is 0 Å². The molecule has 0 aliphatic rings. The van der Waals surface area contributed by atoms with Crippen LogP contribution >= 0.6 is 11.8 Å². The Balaban J connectivity index is 2.02. The molecule has 1 atom stereocenters. The zero-order valence-electron chi connectivity index (χ0n) is 15.5. The van der Waals surface area contributed by atoms with E-state index in [1.165, 1.54) is 0 Å². The van der Waals surface area contributed by atoms with Gasteiger partial charge in [-0.3, -0.25) is 9.59 Å². The molecule has 0 saturated heterocycles. The van der Waals surface area contributed by atoms with Gasteiger partial charge in [0.15, 0.2) is 0 Å². The van der Waals surface area contributed by atoms with Crippen molar-refractivity contribution in [3.63, 3.8) is 0 Å². The van der Waals surface area contributed by atoms with Gasteiger partial charge in [-0.2, -0.15) is 11.8 Å². The summed E-state index contributed by atoms with van der Waals surface area (Å²) >= 11 is 1.66. The summed E-state index contributed by atoms with van der Waals surface area (Å²) in [6.45, 7) is 4.42. The first-order chi connectivity index (χ1) is 12.5. The topological polar surface area (TPSA) is 58.2 Å². The predicted octanol–water partition coefficient (Wildman–Crippen LogP) is 3.47. The highest BCUT2D eigenvalue weighted by atomic mass is 32.2. The Bertz CT molecular complexity index is 761. The molecule has 0 spiro atoms. The molecule has 0 aliphatic heterocycles. The Labute approximate surface area is 159 Å². The minimum Gasteiger partial charge on any atom is -0.350 e. The van der Waals surface area contributed by atoms with Crippen LogP contribution in [0.4, 0.5) is 0 Å². The van der Waals surface area contributed by atoms with Crippen molar-refractivity contribution in [1.82, 2.24) is 10.6 Å². The number of amides is 2. The van der Waals surface area contributed by atoms with Crippen molar-refractivity contribution in [3.8, 4) is 0 Å². The van der Waals surface area contributed by atoms with Crippen molar-refractivity contribution in [1.29, 1.82) is 0 Å². The van der Waals surface area contributed by atoms with Crippen molar-refractivity contribution in [3.05, 3.63) is 70.8 Å². The molecule has 0 radical (unpaired) electrons. The smallest absolute Gasteiger partial charge is 0.251 e. The van der Waals surface area contributed by atoms with Gasteiger partial charge in [-0.05, 0) is 55.5 Å². The number of benzene rings is 2. The van der Waals surface area contributed by atoms with Gasteiger partial charge >= 0.3 is 0 Å². The summed E-state index contributed by atoms with van der Waals surface area (Å²) < 4.78 is 0. The van der Waals surface area contributed by atoms with Gasteiger partial charge in [-0.25, -0.2) is 0 Å². The molecule has 1 unspecified atom stereocenters. The highest BCUT2D eigenvalue weighted by Crippen LogP contribution is 2.09. The van der Waals surface area contributed by atoms with E-state index in [0.717, 1.165) is 22.4 Å². The molecule has 2 amide bonds. The first-order valence-corrected chi connectivity index (χ1v) is 10.1. The second kappa shape index (κ2) is 10.0. The zero-order valence-corrected chi connectivity index (χ0v) is 16.4. The second-order valence-electron chi connectivity index (χ2n) is 6.32. The largest absolute Gasteiger partial charge is 0.350 e. The molecule has 2 aromatic carbocycles. The third kappa shape index (κ3) is 5.92. The molecule has 2 rings (SSSR count). The van der Waals surface area contributed by atoms with Crippen LogP contribution in [0.15, 0.2) is 48.5 Å². The van der Waals surface area contributed by atoms with E-state index < -0.39 is 6.04 Å². The number of hydrogen-bond donors (Lipinski definition) is 2. The molecule has 0 aliphatic carbocycles. The monoisotopic (exact) mass is 370 g/mol. The molecule has 0 saturated carbocycles.